The molecule has 2 rings (SSSR count). The molecule has 0 saturated heterocycles. The quantitative estimate of drug-likeness (QED) is 0.751. The molecule has 2 aromatic rings. The summed E-state index contributed by atoms with van der Waals surface area (Å²) in [5.74, 6) is -0.182. The van der Waals surface area contributed by atoms with Gasteiger partial charge in [0, 0.05) is 11.5 Å². The number of phenols is 1. The molecule has 0 aliphatic rings. The fourth-order valence-corrected chi connectivity index (χ4v) is 3.92. The van der Waals surface area contributed by atoms with Gasteiger partial charge >= 0.3 is 0 Å². The van der Waals surface area contributed by atoms with Gasteiger partial charge in [0.2, 0.25) is 5.03 Å². The topological polar surface area (TPSA) is 97.1 Å². The van der Waals surface area contributed by atoms with E-state index in [1.165, 1.54) is 19.2 Å². The SMILES string of the molecule is Cn1nnc(Br)c1S(=O)(=O)Nc1cc(Br)ccc1O. The van der Waals surface area contributed by atoms with Crippen LogP contribution in [0.15, 0.2) is 32.3 Å². The predicted molar refractivity (Wildman–Crippen MR) is 75.3 cm³/mol. The predicted octanol–water partition coefficient (Wildman–Crippen LogP) is 1.85. The molecule has 102 valence electrons. The summed E-state index contributed by atoms with van der Waals surface area (Å²) in [6, 6.07) is 4.41. The molecule has 0 unspecified atom stereocenters. The fourth-order valence-electron chi connectivity index (χ4n) is 1.39. The smallest absolute Gasteiger partial charge is 0.282 e. The van der Waals surface area contributed by atoms with E-state index >= 15 is 0 Å². The molecule has 19 heavy (non-hydrogen) atoms. The summed E-state index contributed by atoms with van der Waals surface area (Å²) in [4.78, 5) is 0. The number of nitrogens with zero attached hydrogens (tertiary/aromatic N) is 3. The molecule has 0 saturated carbocycles. The lowest BCUT2D eigenvalue weighted by atomic mass is 10.3. The van der Waals surface area contributed by atoms with Crippen LogP contribution >= 0.6 is 31.9 Å². The second-order valence-corrected chi connectivity index (χ2v) is 6.84. The van der Waals surface area contributed by atoms with Crippen molar-refractivity contribution in [2.45, 2.75) is 5.03 Å². The zero-order chi connectivity index (χ0) is 14.2. The van der Waals surface area contributed by atoms with E-state index in [-0.39, 0.29) is 21.1 Å². The van der Waals surface area contributed by atoms with Crippen LogP contribution in [-0.4, -0.2) is 28.5 Å². The molecule has 7 nitrogen and oxygen atoms in total. The first-order valence-electron chi connectivity index (χ1n) is 4.88. The first-order valence-corrected chi connectivity index (χ1v) is 7.94. The maximum Gasteiger partial charge on any atom is 0.282 e. The fraction of sp³-hybridized carbons (Fsp3) is 0.111. The highest BCUT2D eigenvalue weighted by Crippen LogP contribution is 2.29. The number of hydrogen-bond donors (Lipinski definition) is 2. The van der Waals surface area contributed by atoms with Crippen molar-refractivity contribution in [3.05, 3.63) is 27.3 Å². The normalized spacial score (nSPS) is 11.5. The molecule has 1 aromatic carbocycles. The highest BCUT2D eigenvalue weighted by molar-refractivity contribution is 9.10. The minimum absolute atomic E-state index is 0.0578. The van der Waals surface area contributed by atoms with Gasteiger partial charge in [0.15, 0.2) is 4.60 Å². The Morgan fingerprint density at radius 1 is 1.37 bits per heavy atom. The van der Waals surface area contributed by atoms with E-state index < -0.39 is 10.0 Å². The van der Waals surface area contributed by atoms with E-state index in [4.69, 9.17) is 0 Å². The highest BCUT2D eigenvalue weighted by atomic mass is 79.9. The van der Waals surface area contributed by atoms with Crippen LogP contribution < -0.4 is 4.72 Å². The van der Waals surface area contributed by atoms with Crippen molar-refractivity contribution >= 4 is 47.6 Å². The van der Waals surface area contributed by atoms with Crippen molar-refractivity contribution in [3.63, 3.8) is 0 Å². The molecule has 0 aliphatic carbocycles. The minimum atomic E-state index is -3.91. The van der Waals surface area contributed by atoms with Gasteiger partial charge in [-0.15, -0.1) is 5.10 Å². The molecular weight excluding hydrogens is 404 g/mol. The number of rotatable bonds is 3. The van der Waals surface area contributed by atoms with E-state index in [9.17, 15) is 13.5 Å². The Hall–Kier alpha value is -1.13. The number of sulfonamides is 1. The number of hydrogen-bond acceptors (Lipinski definition) is 5. The molecule has 1 heterocycles. The van der Waals surface area contributed by atoms with E-state index in [0.717, 1.165) is 4.68 Å². The monoisotopic (exact) mass is 410 g/mol. The van der Waals surface area contributed by atoms with Crippen molar-refractivity contribution in [2.24, 2.45) is 7.05 Å². The summed E-state index contributed by atoms with van der Waals surface area (Å²) in [6.45, 7) is 0. The lowest BCUT2D eigenvalue weighted by Gasteiger charge is -2.09. The average Bonchev–Trinajstić information content (AvgIpc) is 2.64. The Morgan fingerprint density at radius 2 is 2.05 bits per heavy atom. The maximum absolute atomic E-state index is 12.2. The van der Waals surface area contributed by atoms with Crippen LogP contribution in [0.2, 0.25) is 0 Å². The summed E-state index contributed by atoms with van der Waals surface area (Å²) >= 11 is 6.21. The van der Waals surface area contributed by atoms with Gasteiger partial charge in [-0.25, -0.2) is 4.68 Å². The number of aromatic hydroxyl groups is 1. The first-order chi connectivity index (χ1) is 8.81. The number of halogens is 2. The molecule has 0 atom stereocenters. The Labute approximate surface area is 125 Å². The standard InChI is InChI=1S/C9H8Br2N4O3S/c1-15-9(8(11)12-14-15)19(17,18)13-6-4-5(10)2-3-7(6)16/h2-4,13,16H,1H3. The third-order valence-corrected chi connectivity index (χ3v) is 4.94. The number of aromatic nitrogens is 3. The highest BCUT2D eigenvalue weighted by Gasteiger charge is 2.24. The number of aryl methyl sites for hydroxylation is 1. The molecular formula is C9H8Br2N4O3S. The summed E-state index contributed by atoms with van der Waals surface area (Å²) in [5.41, 5.74) is 0.0578. The number of nitrogens with one attached hydrogen (secondary N) is 1. The van der Waals surface area contributed by atoms with Crippen LogP contribution in [0, 0.1) is 0 Å². The van der Waals surface area contributed by atoms with Crippen LogP contribution in [0.1, 0.15) is 0 Å². The number of phenolic OH excluding ortho intramolecular Hbond substituents is 1. The van der Waals surface area contributed by atoms with Gasteiger partial charge in [-0.1, -0.05) is 21.1 Å². The van der Waals surface area contributed by atoms with Crippen molar-refractivity contribution in [1.29, 1.82) is 0 Å². The molecule has 2 N–H and O–H groups in total. The summed E-state index contributed by atoms with van der Waals surface area (Å²) in [5, 5.41) is 16.7. The average molecular weight is 412 g/mol. The Kier molecular flexibility index (Phi) is 3.83. The van der Waals surface area contributed by atoms with Crippen molar-refractivity contribution in [2.75, 3.05) is 4.72 Å². The van der Waals surface area contributed by atoms with Crippen molar-refractivity contribution in [3.8, 4) is 5.75 Å². The lowest BCUT2D eigenvalue weighted by Crippen LogP contribution is -2.17. The summed E-state index contributed by atoms with van der Waals surface area (Å²) in [7, 11) is -2.46. The molecule has 0 amide bonds. The minimum Gasteiger partial charge on any atom is -0.506 e. The van der Waals surface area contributed by atoms with Crippen LogP contribution in [-0.2, 0) is 17.1 Å². The second kappa shape index (κ2) is 5.10. The summed E-state index contributed by atoms with van der Waals surface area (Å²) < 4.78 is 28.5. The molecule has 1 aromatic heterocycles. The molecule has 0 radical (unpaired) electrons. The third kappa shape index (κ3) is 2.90. The summed E-state index contributed by atoms with van der Waals surface area (Å²) in [6.07, 6.45) is 0. The van der Waals surface area contributed by atoms with Gasteiger partial charge in [-0.05, 0) is 34.1 Å². The van der Waals surface area contributed by atoms with Crippen LogP contribution in [0.3, 0.4) is 0 Å². The molecule has 10 heteroatoms. The zero-order valence-electron chi connectivity index (χ0n) is 9.50. The van der Waals surface area contributed by atoms with Crippen molar-refractivity contribution in [1.82, 2.24) is 15.0 Å². The second-order valence-electron chi connectivity index (χ2n) is 3.58. The van der Waals surface area contributed by atoms with Gasteiger partial charge in [0.05, 0.1) is 5.69 Å². The van der Waals surface area contributed by atoms with Crippen LogP contribution in [0.5, 0.6) is 5.75 Å². The lowest BCUT2D eigenvalue weighted by molar-refractivity contribution is 0.477. The van der Waals surface area contributed by atoms with Crippen LogP contribution in [0.4, 0.5) is 5.69 Å². The Morgan fingerprint density at radius 3 is 2.63 bits per heavy atom. The van der Waals surface area contributed by atoms with E-state index in [0.29, 0.717) is 4.47 Å². The van der Waals surface area contributed by atoms with Crippen molar-refractivity contribution < 1.29 is 13.5 Å². The maximum atomic E-state index is 12.2. The molecule has 0 aliphatic heterocycles. The van der Waals surface area contributed by atoms with Gasteiger partial charge in [-0.2, -0.15) is 8.42 Å². The van der Waals surface area contributed by atoms with Gasteiger partial charge in [-0.3, -0.25) is 4.72 Å². The first kappa shape index (κ1) is 14.3. The van der Waals surface area contributed by atoms with E-state index in [2.05, 4.69) is 46.9 Å². The van der Waals surface area contributed by atoms with E-state index in [1.807, 2.05) is 0 Å². The molecule has 0 spiro atoms. The van der Waals surface area contributed by atoms with Crippen LogP contribution in [0.25, 0.3) is 0 Å². The van der Waals surface area contributed by atoms with Gasteiger partial charge in [0.25, 0.3) is 10.0 Å². The molecule has 0 bridgehead atoms. The molecule has 0 fully saturated rings. The Balaban J connectivity index is 2.45. The van der Waals surface area contributed by atoms with Gasteiger partial charge in [0.1, 0.15) is 5.75 Å². The zero-order valence-corrected chi connectivity index (χ0v) is 13.5. The third-order valence-electron chi connectivity index (χ3n) is 2.19. The van der Waals surface area contributed by atoms with Gasteiger partial charge < -0.3 is 5.11 Å². The largest absolute Gasteiger partial charge is 0.506 e. The number of benzene rings is 1. The number of anilines is 1. The Bertz CT molecular complexity index is 710. The van der Waals surface area contributed by atoms with E-state index in [1.54, 1.807) is 6.07 Å².